The summed E-state index contributed by atoms with van der Waals surface area (Å²) in [5, 5.41) is 10.3. The van der Waals surface area contributed by atoms with Crippen LogP contribution in [0.2, 0.25) is 0 Å². The molecule has 1 aliphatic heterocycles. The third-order valence-electron chi connectivity index (χ3n) is 2.46. The second-order valence-electron chi connectivity index (χ2n) is 3.54. The number of aliphatic hydroxyl groups is 1. The lowest BCUT2D eigenvalue weighted by Gasteiger charge is -2.26. The minimum absolute atomic E-state index is 0.0512. The van der Waals surface area contributed by atoms with Crippen LogP contribution in [-0.4, -0.2) is 34.0 Å². The second kappa shape index (κ2) is 4.92. The molecule has 15 heavy (non-hydrogen) atoms. The Bertz CT molecular complexity index is 318. The fourth-order valence-corrected chi connectivity index (χ4v) is 1.93. The monoisotopic (exact) mass is 226 g/mol. The molecule has 5 heteroatoms. The van der Waals surface area contributed by atoms with Crippen molar-refractivity contribution in [3.05, 3.63) is 18.0 Å². The van der Waals surface area contributed by atoms with Gasteiger partial charge in [0, 0.05) is 31.0 Å². The van der Waals surface area contributed by atoms with Crippen LogP contribution in [-0.2, 0) is 4.74 Å². The molecule has 2 rings (SSSR count). The van der Waals surface area contributed by atoms with Crippen molar-refractivity contribution < 1.29 is 9.84 Å². The highest BCUT2D eigenvalue weighted by atomic mass is 32.2. The van der Waals surface area contributed by atoms with Gasteiger partial charge in [-0.05, 0) is 12.7 Å². The zero-order valence-electron chi connectivity index (χ0n) is 8.59. The first kappa shape index (κ1) is 10.9. The quantitative estimate of drug-likeness (QED) is 0.610. The van der Waals surface area contributed by atoms with Gasteiger partial charge in [-0.1, -0.05) is 11.8 Å². The number of nitrogens with zero attached hydrogens (tertiary/aromatic N) is 2. The van der Waals surface area contributed by atoms with E-state index in [2.05, 4.69) is 9.97 Å². The van der Waals surface area contributed by atoms with Crippen LogP contribution in [0.25, 0.3) is 0 Å². The van der Waals surface area contributed by atoms with Crippen molar-refractivity contribution >= 4 is 11.8 Å². The molecule has 1 aliphatic rings. The van der Waals surface area contributed by atoms with Crippen LogP contribution in [0.15, 0.2) is 17.6 Å². The third kappa shape index (κ3) is 2.68. The Morgan fingerprint density at radius 2 is 2.20 bits per heavy atom. The molecule has 0 bridgehead atoms. The largest absolute Gasteiger partial charge is 0.393 e. The fraction of sp³-hybridized carbons (Fsp3) is 0.600. The van der Waals surface area contributed by atoms with Crippen molar-refractivity contribution in [1.29, 1.82) is 0 Å². The molecule has 0 spiro atoms. The summed E-state index contributed by atoms with van der Waals surface area (Å²) in [5.41, 5.74) is 0.951. The van der Waals surface area contributed by atoms with Gasteiger partial charge < -0.3 is 9.84 Å². The molecule has 0 saturated carbocycles. The van der Waals surface area contributed by atoms with Crippen molar-refractivity contribution in [2.45, 2.75) is 30.2 Å². The van der Waals surface area contributed by atoms with E-state index in [4.69, 9.17) is 4.74 Å². The van der Waals surface area contributed by atoms with Crippen molar-refractivity contribution in [2.75, 3.05) is 12.9 Å². The molecule has 0 aromatic carbocycles. The number of aromatic nitrogens is 2. The number of ether oxygens (including phenoxy) is 1. The van der Waals surface area contributed by atoms with Crippen LogP contribution in [0.1, 0.15) is 24.5 Å². The highest BCUT2D eigenvalue weighted by Crippen LogP contribution is 2.27. The Morgan fingerprint density at radius 1 is 1.47 bits per heavy atom. The van der Waals surface area contributed by atoms with E-state index >= 15 is 0 Å². The molecule has 2 atom stereocenters. The first-order valence-electron chi connectivity index (χ1n) is 4.95. The topological polar surface area (TPSA) is 55.2 Å². The smallest absolute Gasteiger partial charge is 0.187 e. The van der Waals surface area contributed by atoms with Crippen molar-refractivity contribution in [3.63, 3.8) is 0 Å². The summed E-state index contributed by atoms with van der Waals surface area (Å²) < 4.78 is 5.56. The van der Waals surface area contributed by atoms with Gasteiger partial charge in [0.05, 0.1) is 12.2 Å². The Balaban J connectivity index is 2.07. The standard InChI is InChI=1S/C10H14N2O2S/c1-15-10-11-5-7(6-12-10)9-4-8(13)2-3-14-9/h5-6,8-9,13H,2-4H2,1H3. The first-order valence-corrected chi connectivity index (χ1v) is 6.17. The van der Waals surface area contributed by atoms with E-state index in [1.54, 1.807) is 12.4 Å². The van der Waals surface area contributed by atoms with Crippen LogP contribution in [0.5, 0.6) is 0 Å². The molecule has 0 radical (unpaired) electrons. The summed E-state index contributed by atoms with van der Waals surface area (Å²) in [6.45, 7) is 0.607. The van der Waals surface area contributed by atoms with Gasteiger partial charge in [0.2, 0.25) is 0 Å². The summed E-state index contributed by atoms with van der Waals surface area (Å²) in [6.07, 6.45) is 6.55. The van der Waals surface area contributed by atoms with E-state index in [-0.39, 0.29) is 12.2 Å². The number of rotatable bonds is 2. The molecule has 0 aliphatic carbocycles. The molecule has 2 heterocycles. The molecule has 4 nitrogen and oxygen atoms in total. The summed E-state index contributed by atoms with van der Waals surface area (Å²) in [6, 6.07) is 0. The number of hydrogen-bond acceptors (Lipinski definition) is 5. The molecular weight excluding hydrogens is 212 g/mol. The average molecular weight is 226 g/mol. The second-order valence-corrected chi connectivity index (χ2v) is 4.31. The fourth-order valence-electron chi connectivity index (χ4n) is 1.61. The Hall–Kier alpha value is -0.650. The van der Waals surface area contributed by atoms with Crippen molar-refractivity contribution in [2.24, 2.45) is 0 Å². The van der Waals surface area contributed by atoms with Crippen LogP contribution in [0.3, 0.4) is 0 Å². The van der Waals surface area contributed by atoms with Crippen LogP contribution >= 0.6 is 11.8 Å². The summed E-state index contributed by atoms with van der Waals surface area (Å²) in [4.78, 5) is 8.38. The molecule has 0 amide bonds. The molecule has 2 unspecified atom stereocenters. The molecule has 1 saturated heterocycles. The number of aliphatic hydroxyl groups excluding tert-OH is 1. The Morgan fingerprint density at radius 3 is 2.80 bits per heavy atom. The van der Waals surface area contributed by atoms with Crippen LogP contribution < -0.4 is 0 Å². The molecule has 1 aromatic heterocycles. The zero-order valence-corrected chi connectivity index (χ0v) is 9.41. The number of hydrogen-bond donors (Lipinski definition) is 1. The van der Waals surface area contributed by atoms with Crippen LogP contribution in [0.4, 0.5) is 0 Å². The summed E-state index contributed by atoms with van der Waals surface area (Å²) in [7, 11) is 0. The van der Waals surface area contributed by atoms with Crippen LogP contribution in [0, 0.1) is 0 Å². The SMILES string of the molecule is CSc1ncc(C2CC(O)CCO2)cn1. The van der Waals surface area contributed by atoms with E-state index in [9.17, 15) is 5.11 Å². The maximum absolute atomic E-state index is 9.52. The summed E-state index contributed by atoms with van der Waals surface area (Å²) >= 11 is 1.51. The predicted molar refractivity (Wildman–Crippen MR) is 57.7 cm³/mol. The van der Waals surface area contributed by atoms with Gasteiger partial charge >= 0.3 is 0 Å². The minimum Gasteiger partial charge on any atom is -0.393 e. The summed E-state index contributed by atoms with van der Waals surface area (Å²) in [5.74, 6) is 0. The van der Waals surface area contributed by atoms with Gasteiger partial charge in [0.15, 0.2) is 5.16 Å². The first-order chi connectivity index (χ1) is 7.29. The van der Waals surface area contributed by atoms with Gasteiger partial charge in [-0.2, -0.15) is 0 Å². The van der Waals surface area contributed by atoms with E-state index in [0.29, 0.717) is 13.0 Å². The van der Waals surface area contributed by atoms with E-state index in [1.165, 1.54) is 11.8 Å². The minimum atomic E-state index is -0.260. The lowest BCUT2D eigenvalue weighted by Crippen LogP contribution is -2.23. The molecule has 1 fully saturated rings. The lowest BCUT2D eigenvalue weighted by atomic mass is 10.0. The van der Waals surface area contributed by atoms with Gasteiger partial charge in [0.25, 0.3) is 0 Å². The Labute approximate surface area is 93.1 Å². The highest BCUT2D eigenvalue weighted by Gasteiger charge is 2.22. The van der Waals surface area contributed by atoms with E-state index < -0.39 is 0 Å². The van der Waals surface area contributed by atoms with Crippen molar-refractivity contribution in [3.8, 4) is 0 Å². The van der Waals surface area contributed by atoms with Gasteiger partial charge in [-0.3, -0.25) is 0 Å². The maximum Gasteiger partial charge on any atom is 0.187 e. The predicted octanol–water partition coefficient (Wildman–Crippen LogP) is 1.41. The van der Waals surface area contributed by atoms with Gasteiger partial charge in [-0.15, -0.1) is 0 Å². The van der Waals surface area contributed by atoms with E-state index in [0.717, 1.165) is 17.1 Å². The van der Waals surface area contributed by atoms with Gasteiger partial charge in [-0.25, -0.2) is 9.97 Å². The zero-order chi connectivity index (χ0) is 10.7. The van der Waals surface area contributed by atoms with Gasteiger partial charge in [0.1, 0.15) is 0 Å². The van der Waals surface area contributed by atoms with Crippen molar-refractivity contribution in [1.82, 2.24) is 9.97 Å². The average Bonchev–Trinajstić information content (AvgIpc) is 2.29. The highest BCUT2D eigenvalue weighted by molar-refractivity contribution is 7.98. The Kier molecular flexibility index (Phi) is 3.56. The molecule has 1 N–H and O–H groups in total. The molecule has 1 aromatic rings. The third-order valence-corrected chi connectivity index (χ3v) is 3.03. The van der Waals surface area contributed by atoms with E-state index in [1.807, 2.05) is 6.26 Å². The number of thioether (sulfide) groups is 1. The lowest BCUT2D eigenvalue weighted by molar-refractivity contribution is -0.0451. The molecule has 82 valence electrons. The maximum atomic E-state index is 9.52. The molecular formula is C10H14N2O2S. The normalized spacial score (nSPS) is 26.5.